The highest BCUT2D eigenvalue weighted by Crippen LogP contribution is 2.31. The Morgan fingerprint density at radius 2 is 0.650 bits per heavy atom. The van der Waals surface area contributed by atoms with Gasteiger partial charge < -0.3 is 152 Å². The second-order valence-corrected chi connectivity index (χ2v) is 28.2. The predicted octanol–water partition coefficient (Wildman–Crippen LogP) is -3.49. The summed E-state index contributed by atoms with van der Waals surface area (Å²) in [5, 5.41) is 19.1. The number of nitrogens with one attached hydrogen (secondary N) is 7. The summed E-state index contributed by atoms with van der Waals surface area (Å²) in [6.07, 6.45) is -11.1. The molecule has 3 aliphatic heterocycles. The summed E-state index contributed by atoms with van der Waals surface area (Å²) < 4.78 is 130. The van der Waals surface area contributed by atoms with Gasteiger partial charge >= 0.3 is 47.8 Å². The van der Waals surface area contributed by atoms with Gasteiger partial charge in [-0.05, 0) is 19.4 Å². The molecule has 3 aliphatic rings. The number of unbranched alkanes of at least 4 members (excludes halogenated alkanes) is 2. The van der Waals surface area contributed by atoms with E-state index in [9.17, 15) is 71.9 Å². The molecule has 46 heteroatoms. The van der Waals surface area contributed by atoms with Crippen LogP contribution in [-0.4, -0.2) is 365 Å². The van der Waals surface area contributed by atoms with Crippen LogP contribution in [0, 0.1) is 0 Å². The molecule has 14 atom stereocenters. The van der Waals surface area contributed by atoms with Gasteiger partial charge in [0.1, 0.15) is 61.8 Å². The Morgan fingerprint density at radius 3 is 0.992 bits per heavy atom. The number of amides is 7. The van der Waals surface area contributed by atoms with E-state index in [-0.39, 0.29) is 197 Å². The zero-order valence-electron chi connectivity index (χ0n) is 72.1. The van der Waals surface area contributed by atoms with Crippen LogP contribution < -0.4 is 43.0 Å². The normalized spacial score (nSPS) is 22.1. The maximum absolute atomic E-state index is 13.7. The molecule has 123 heavy (non-hydrogen) atoms. The second kappa shape index (κ2) is 63.3. The van der Waals surface area contributed by atoms with Crippen LogP contribution in [0.15, 0.2) is 0 Å². The molecule has 3 fully saturated rings. The van der Waals surface area contributed by atoms with Gasteiger partial charge in [0.2, 0.25) is 41.4 Å². The molecule has 704 valence electrons. The fraction of sp³-hybridized carbons (Fsp3) is 0.805. The lowest BCUT2D eigenvalue weighted by Gasteiger charge is -2.44. The predicted molar refractivity (Wildman–Crippen MR) is 418 cm³/mol. The first-order valence-electron chi connectivity index (χ1n) is 40.6. The molecule has 0 spiro atoms. The number of nitrogens with two attached hydrogens (primary N) is 1. The van der Waals surface area contributed by atoms with E-state index in [0.29, 0.717) is 25.8 Å². The van der Waals surface area contributed by atoms with Crippen molar-refractivity contribution in [2.45, 2.75) is 219 Å². The summed E-state index contributed by atoms with van der Waals surface area (Å²) in [4.78, 5) is 185. The number of hydrogen-bond acceptors (Lipinski definition) is 39. The Bertz CT molecular complexity index is 3080. The molecule has 0 saturated carbocycles. The Balaban J connectivity index is 1.57. The van der Waals surface area contributed by atoms with E-state index in [1.165, 1.54) is 34.6 Å². The fourth-order valence-electron chi connectivity index (χ4n) is 12.2. The van der Waals surface area contributed by atoms with E-state index in [4.69, 9.17) is 115 Å². The van der Waals surface area contributed by atoms with Crippen LogP contribution in [0.4, 0.5) is 0 Å². The van der Waals surface area contributed by atoms with E-state index in [1.807, 2.05) is 0 Å². The van der Waals surface area contributed by atoms with Crippen molar-refractivity contribution in [3.63, 3.8) is 0 Å². The molecule has 0 aromatic carbocycles. The maximum atomic E-state index is 13.7. The maximum Gasteiger partial charge on any atom is 0.303 e. The molecule has 46 nitrogen and oxygen atoms in total. The van der Waals surface area contributed by atoms with Gasteiger partial charge in [0.15, 0.2) is 43.3 Å². The summed E-state index contributed by atoms with van der Waals surface area (Å²) >= 11 is 0. The lowest BCUT2D eigenvalue weighted by atomic mass is 9.96. The van der Waals surface area contributed by atoms with E-state index in [0.717, 1.165) is 41.5 Å². The molecule has 9 N–H and O–H groups in total. The van der Waals surface area contributed by atoms with Crippen molar-refractivity contribution in [2.75, 3.05) is 185 Å². The van der Waals surface area contributed by atoms with Gasteiger partial charge in [-0.3, -0.25) is 71.9 Å². The zero-order chi connectivity index (χ0) is 90.9. The van der Waals surface area contributed by atoms with Crippen molar-refractivity contribution in [2.24, 2.45) is 5.73 Å². The van der Waals surface area contributed by atoms with Crippen LogP contribution in [0.25, 0.3) is 0 Å². The van der Waals surface area contributed by atoms with Crippen molar-refractivity contribution >= 4 is 89.1 Å². The zero-order valence-corrected chi connectivity index (χ0v) is 72.1. The lowest BCUT2D eigenvalue weighted by molar-refractivity contribution is -0.279. The third-order valence-corrected chi connectivity index (χ3v) is 17.2. The minimum atomic E-state index is -1.43. The first-order valence-corrected chi connectivity index (χ1v) is 40.6. The summed E-state index contributed by atoms with van der Waals surface area (Å²) in [6, 6.07) is -3.21. The van der Waals surface area contributed by atoms with Gasteiger partial charge in [-0.2, -0.15) is 0 Å². The third kappa shape index (κ3) is 49.6. The minimum Gasteiger partial charge on any atom is -0.463 e. The summed E-state index contributed by atoms with van der Waals surface area (Å²) in [6.45, 7) is 12.3. The van der Waals surface area contributed by atoms with Crippen molar-refractivity contribution in [3.8, 4) is 0 Å². The van der Waals surface area contributed by atoms with Crippen LogP contribution in [0.2, 0.25) is 0 Å². The molecule has 0 aromatic rings. The fourth-order valence-corrected chi connectivity index (χ4v) is 12.2. The first kappa shape index (κ1) is 109. The third-order valence-electron chi connectivity index (χ3n) is 17.2. The number of carbonyl (C=O) groups is 15. The Labute approximate surface area is 714 Å². The number of carbonyl (C=O) groups excluding carboxylic acids is 15. The molecule has 3 saturated heterocycles. The average Bonchev–Trinajstić information content (AvgIpc) is 0.788. The Kier molecular flexibility index (Phi) is 55.9. The number of rotatable bonds is 65. The molecular weight excluding hydrogens is 1640 g/mol. The van der Waals surface area contributed by atoms with Gasteiger partial charge in [-0.15, -0.1) is 0 Å². The van der Waals surface area contributed by atoms with Crippen LogP contribution in [0.5, 0.6) is 0 Å². The smallest absolute Gasteiger partial charge is 0.303 e. The molecule has 7 amide bonds. The summed E-state index contributed by atoms with van der Waals surface area (Å²) in [7, 11) is 0. The van der Waals surface area contributed by atoms with Crippen molar-refractivity contribution in [1.29, 1.82) is 0 Å². The van der Waals surface area contributed by atoms with Crippen LogP contribution in [0.3, 0.4) is 0 Å². The summed E-state index contributed by atoms with van der Waals surface area (Å²) in [5.41, 5.74) is 4.29. The van der Waals surface area contributed by atoms with Gasteiger partial charge in [-0.25, -0.2) is 0 Å². The number of hydrogen-bond donors (Lipinski definition) is 8. The molecule has 3 heterocycles. The van der Waals surface area contributed by atoms with Crippen molar-refractivity contribution < 1.29 is 181 Å². The lowest BCUT2D eigenvalue weighted by Crippen LogP contribution is -2.66. The Hall–Kier alpha value is -8.59. The molecule has 0 bridgehead atoms. The van der Waals surface area contributed by atoms with Crippen LogP contribution >= 0.6 is 0 Å². The van der Waals surface area contributed by atoms with E-state index in [1.54, 1.807) is 0 Å². The average molecular weight is 1770 g/mol. The molecule has 3 rings (SSSR count). The first-order chi connectivity index (χ1) is 58.7. The van der Waals surface area contributed by atoms with Gasteiger partial charge in [-0.1, -0.05) is 6.42 Å². The topological polar surface area (TPSA) is 579 Å². The molecular formula is C77H128N8O38. The Morgan fingerprint density at radius 1 is 0.325 bits per heavy atom. The van der Waals surface area contributed by atoms with Crippen LogP contribution in [-0.2, 0) is 181 Å². The highest BCUT2D eigenvalue weighted by molar-refractivity contribution is 5.78. The van der Waals surface area contributed by atoms with Gasteiger partial charge in [0, 0.05) is 128 Å². The molecule has 14 unspecified atom stereocenters. The monoisotopic (exact) mass is 1770 g/mol. The van der Waals surface area contributed by atoms with E-state index >= 15 is 0 Å². The number of ether oxygens (including phenoxy) is 23. The van der Waals surface area contributed by atoms with E-state index in [2.05, 4.69) is 37.2 Å². The van der Waals surface area contributed by atoms with Crippen LogP contribution in [0.1, 0.15) is 128 Å². The summed E-state index contributed by atoms with van der Waals surface area (Å²) in [5.74, 6) is -8.64. The second-order valence-electron chi connectivity index (χ2n) is 28.2. The minimum absolute atomic E-state index is 0.00701. The number of esters is 8. The van der Waals surface area contributed by atoms with E-state index < -0.39 is 194 Å². The van der Waals surface area contributed by atoms with Gasteiger partial charge in [0.05, 0.1) is 145 Å². The molecule has 0 aromatic heterocycles. The highest BCUT2D eigenvalue weighted by Gasteiger charge is 2.53. The molecule has 0 aliphatic carbocycles. The van der Waals surface area contributed by atoms with Gasteiger partial charge in [0.25, 0.3) is 0 Å². The van der Waals surface area contributed by atoms with Crippen molar-refractivity contribution in [1.82, 2.24) is 37.2 Å². The molecule has 0 radical (unpaired) electrons. The largest absolute Gasteiger partial charge is 0.463 e. The highest BCUT2D eigenvalue weighted by atomic mass is 16.7. The van der Waals surface area contributed by atoms with Crippen molar-refractivity contribution in [3.05, 3.63) is 0 Å². The SMILES string of the molecule is CC(=O)NC1C(OC(C)=O)CC(COC(C)=O)OC1OCCOCCOCCNC(=O)CCOCC(COCCC(=O)NCCOCCOCCOC1OC(COC(C)=O)C(OC(C)=O)C(OC(C)=O)C1NC(C)=O)(COCCC(=O)NCCOCCOCCOC1OC(COC(C)=O)C(OC(C)=O)C(OC(C)=O)C1NC(C)=O)NC(=O)CCCCCN. The quantitative estimate of drug-likeness (QED) is 0.0166. The standard InChI is InChI=1S/C77H128N8O38/c1-48(86)82-67-60(116-54(7)92)41-59(42-113-51(4)89)121-74(67)110-38-35-104-32-29-101-26-20-79-63(97)16-23-107-45-77(85-66(100)15-13-12-14-19-78,46-108-24-17-64(98)80-21-27-102-30-33-105-36-39-111-75-68(83-49(2)87)72(119-57(10)95)70(117-55(8)93)61(122-75)43-114-52(5)90)47-109-25-18-65(99)81-22-28-103-31-34-106-37-40-112-76-69(84-50(3)88)73(120-58(11)96)71(118-56(9)94)62(123-76)44-115-53(6)91/h59-62,67-76H,12-47,78H2,1-11H3,(H,79,97)(H,80,98)(H,81,99)(H,82,86)(H,83,87)(H,84,88)(H,85,100).